The van der Waals surface area contributed by atoms with E-state index in [-0.39, 0.29) is 5.91 Å². The van der Waals surface area contributed by atoms with Crippen molar-refractivity contribution in [3.63, 3.8) is 0 Å². The molecule has 3 aromatic rings. The lowest BCUT2D eigenvalue weighted by Gasteiger charge is -2.32. The van der Waals surface area contributed by atoms with Gasteiger partial charge in [0, 0.05) is 29.3 Å². The zero-order valence-corrected chi connectivity index (χ0v) is 16.0. The summed E-state index contributed by atoms with van der Waals surface area (Å²) in [7, 11) is 0. The van der Waals surface area contributed by atoms with E-state index in [2.05, 4.69) is 36.4 Å². The largest absolute Gasteiger partial charge is 0.459 e. The van der Waals surface area contributed by atoms with Crippen LogP contribution < -0.4 is 0 Å². The first-order chi connectivity index (χ1) is 13.3. The number of piperidine rings is 1. The molecule has 1 aromatic heterocycles. The number of likely N-dealkylation sites (tertiary alicyclic amines) is 1. The molecule has 0 aliphatic carbocycles. The van der Waals surface area contributed by atoms with Crippen molar-refractivity contribution in [1.82, 2.24) is 4.90 Å². The van der Waals surface area contributed by atoms with Crippen LogP contribution >= 0.6 is 11.8 Å². The summed E-state index contributed by atoms with van der Waals surface area (Å²) in [6, 6.07) is 22.8. The van der Waals surface area contributed by atoms with E-state index in [1.807, 2.05) is 35.2 Å². The fourth-order valence-corrected chi connectivity index (χ4v) is 4.50. The Bertz CT molecular complexity index is 868. The van der Waals surface area contributed by atoms with Crippen LogP contribution in [-0.2, 0) is 5.75 Å². The van der Waals surface area contributed by atoms with Gasteiger partial charge in [0.15, 0.2) is 5.76 Å². The normalized spacial score (nSPS) is 15.0. The minimum Gasteiger partial charge on any atom is -0.459 e. The van der Waals surface area contributed by atoms with E-state index in [0.29, 0.717) is 11.7 Å². The number of hydrogen-bond acceptors (Lipinski definition) is 3. The fourth-order valence-electron chi connectivity index (χ4n) is 3.60. The Kier molecular flexibility index (Phi) is 5.64. The van der Waals surface area contributed by atoms with Gasteiger partial charge in [-0.15, -0.1) is 11.8 Å². The molecule has 1 saturated heterocycles. The molecule has 0 unspecified atom stereocenters. The molecule has 0 N–H and O–H groups in total. The number of thioether (sulfide) groups is 1. The summed E-state index contributed by atoms with van der Waals surface area (Å²) in [5.41, 5.74) is 2.35. The van der Waals surface area contributed by atoms with Crippen LogP contribution in [0.5, 0.6) is 0 Å². The molecular weight excluding hydrogens is 354 g/mol. The molecule has 1 aliphatic heterocycles. The van der Waals surface area contributed by atoms with Gasteiger partial charge in [-0.25, -0.2) is 0 Å². The van der Waals surface area contributed by atoms with E-state index >= 15 is 0 Å². The number of furan rings is 1. The van der Waals surface area contributed by atoms with E-state index in [9.17, 15) is 4.79 Å². The van der Waals surface area contributed by atoms with Crippen molar-refractivity contribution in [3.8, 4) is 0 Å². The lowest BCUT2D eigenvalue weighted by Crippen LogP contribution is -2.38. The number of nitrogens with zero attached hydrogens (tertiary/aromatic N) is 1. The second-order valence-corrected chi connectivity index (χ2v) is 7.90. The highest BCUT2D eigenvalue weighted by Gasteiger charge is 2.27. The van der Waals surface area contributed by atoms with Gasteiger partial charge in [-0.05, 0) is 42.5 Å². The van der Waals surface area contributed by atoms with Crippen molar-refractivity contribution < 1.29 is 9.21 Å². The fraction of sp³-hybridized carbons (Fsp3) is 0.261. The highest BCUT2D eigenvalue weighted by molar-refractivity contribution is 7.98. The maximum absolute atomic E-state index is 13.0. The summed E-state index contributed by atoms with van der Waals surface area (Å²) in [5, 5.41) is 0. The molecule has 0 bridgehead atoms. The van der Waals surface area contributed by atoms with Crippen molar-refractivity contribution >= 4 is 17.7 Å². The number of rotatable bonds is 5. The summed E-state index contributed by atoms with van der Waals surface area (Å²) in [5.74, 6) is 1.80. The molecule has 0 atom stereocenters. The van der Waals surface area contributed by atoms with E-state index in [1.165, 1.54) is 10.5 Å². The van der Waals surface area contributed by atoms with E-state index in [4.69, 9.17) is 4.42 Å². The van der Waals surface area contributed by atoms with Crippen molar-refractivity contribution in [2.45, 2.75) is 29.4 Å². The lowest BCUT2D eigenvalue weighted by atomic mass is 9.89. The molecule has 138 valence electrons. The van der Waals surface area contributed by atoms with Crippen LogP contribution in [-0.4, -0.2) is 23.9 Å². The van der Waals surface area contributed by atoms with Gasteiger partial charge in [0.2, 0.25) is 0 Å². The van der Waals surface area contributed by atoms with Crippen LogP contribution in [0.4, 0.5) is 0 Å². The maximum atomic E-state index is 13.0. The van der Waals surface area contributed by atoms with Gasteiger partial charge in [0.05, 0.1) is 6.26 Å². The SMILES string of the molecule is O=C(c1occc1CSc1ccccc1)N1CCC(c2ccccc2)CC1. The number of carbonyl (C=O) groups is 1. The summed E-state index contributed by atoms with van der Waals surface area (Å²) >= 11 is 1.72. The number of hydrogen-bond donors (Lipinski definition) is 0. The van der Waals surface area contributed by atoms with Crippen LogP contribution in [0.3, 0.4) is 0 Å². The molecule has 4 heteroatoms. The minimum atomic E-state index is 0.0233. The lowest BCUT2D eigenvalue weighted by molar-refractivity contribution is 0.0679. The summed E-state index contributed by atoms with van der Waals surface area (Å²) in [4.78, 5) is 16.1. The van der Waals surface area contributed by atoms with E-state index in [1.54, 1.807) is 18.0 Å². The van der Waals surface area contributed by atoms with Crippen molar-refractivity contribution in [2.24, 2.45) is 0 Å². The third-order valence-electron chi connectivity index (χ3n) is 5.13. The van der Waals surface area contributed by atoms with Gasteiger partial charge in [0.25, 0.3) is 5.91 Å². The summed E-state index contributed by atoms with van der Waals surface area (Å²) in [6.07, 6.45) is 3.64. The number of benzene rings is 2. The van der Waals surface area contributed by atoms with Gasteiger partial charge in [-0.2, -0.15) is 0 Å². The quantitative estimate of drug-likeness (QED) is 0.543. The Balaban J connectivity index is 1.37. The van der Waals surface area contributed by atoms with Gasteiger partial charge in [-0.1, -0.05) is 48.5 Å². The zero-order valence-electron chi connectivity index (χ0n) is 15.2. The first kappa shape index (κ1) is 17.9. The second-order valence-electron chi connectivity index (χ2n) is 6.85. The van der Waals surface area contributed by atoms with Crippen molar-refractivity contribution in [3.05, 3.63) is 89.9 Å². The molecule has 1 aliphatic rings. The van der Waals surface area contributed by atoms with Gasteiger partial charge < -0.3 is 9.32 Å². The summed E-state index contributed by atoms with van der Waals surface area (Å²) in [6.45, 7) is 1.56. The molecule has 0 radical (unpaired) electrons. The van der Waals surface area contributed by atoms with Crippen LogP contribution in [0.1, 0.15) is 40.4 Å². The number of carbonyl (C=O) groups excluding carboxylic acids is 1. The Morgan fingerprint density at radius 1 is 0.963 bits per heavy atom. The molecule has 2 aromatic carbocycles. The number of amides is 1. The molecule has 0 spiro atoms. The van der Waals surface area contributed by atoms with E-state index < -0.39 is 0 Å². The monoisotopic (exact) mass is 377 g/mol. The summed E-state index contributed by atoms with van der Waals surface area (Å²) < 4.78 is 5.58. The molecule has 27 heavy (non-hydrogen) atoms. The third-order valence-corrected chi connectivity index (χ3v) is 6.19. The Hall–Kier alpha value is -2.46. The molecule has 2 heterocycles. The standard InChI is InChI=1S/C23H23NO2S/c25-23(24-14-11-19(12-15-24)18-7-3-1-4-8-18)22-20(13-16-26-22)17-27-21-9-5-2-6-10-21/h1-10,13,16,19H,11-12,14-15,17H2. The molecule has 1 amide bonds. The van der Waals surface area contributed by atoms with Crippen molar-refractivity contribution in [2.75, 3.05) is 13.1 Å². The van der Waals surface area contributed by atoms with Gasteiger partial charge in [0.1, 0.15) is 0 Å². The highest BCUT2D eigenvalue weighted by Crippen LogP contribution is 2.30. The predicted octanol–water partition coefficient (Wildman–Crippen LogP) is 5.59. The Labute approximate surface area is 164 Å². The molecule has 3 nitrogen and oxygen atoms in total. The first-order valence-corrected chi connectivity index (χ1v) is 10.4. The van der Waals surface area contributed by atoms with Crippen LogP contribution in [0.25, 0.3) is 0 Å². The van der Waals surface area contributed by atoms with Crippen LogP contribution in [0.15, 0.2) is 82.3 Å². The smallest absolute Gasteiger partial charge is 0.289 e. The average molecular weight is 378 g/mol. The highest BCUT2D eigenvalue weighted by atomic mass is 32.2. The molecular formula is C23H23NO2S. The third kappa shape index (κ3) is 4.28. The van der Waals surface area contributed by atoms with Crippen molar-refractivity contribution in [1.29, 1.82) is 0 Å². The second kappa shape index (κ2) is 8.49. The predicted molar refractivity (Wildman–Crippen MR) is 109 cm³/mol. The van der Waals surface area contributed by atoms with Crippen LogP contribution in [0.2, 0.25) is 0 Å². The molecule has 1 fully saturated rings. The Morgan fingerprint density at radius 2 is 1.63 bits per heavy atom. The molecule has 4 rings (SSSR count). The first-order valence-electron chi connectivity index (χ1n) is 9.39. The topological polar surface area (TPSA) is 33.5 Å². The Morgan fingerprint density at radius 3 is 2.33 bits per heavy atom. The van der Waals surface area contributed by atoms with Gasteiger partial charge >= 0.3 is 0 Å². The molecule has 0 saturated carbocycles. The van der Waals surface area contributed by atoms with E-state index in [0.717, 1.165) is 37.2 Å². The van der Waals surface area contributed by atoms with Crippen LogP contribution in [0, 0.1) is 0 Å². The maximum Gasteiger partial charge on any atom is 0.289 e. The van der Waals surface area contributed by atoms with Gasteiger partial charge in [-0.3, -0.25) is 4.79 Å². The zero-order chi connectivity index (χ0) is 18.5. The average Bonchev–Trinajstić information content (AvgIpc) is 3.22. The minimum absolute atomic E-state index is 0.0233.